The third-order valence-corrected chi connectivity index (χ3v) is 5.38. The van der Waals surface area contributed by atoms with Gasteiger partial charge in [-0.3, -0.25) is 9.59 Å². The van der Waals surface area contributed by atoms with Crippen LogP contribution in [0.4, 0.5) is 0 Å². The molecular weight excluding hydrogens is 320 g/mol. The van der Waals surface area contributed by atoms with Crippen LogP contribution in [0, 0.1) is 25.7 Å². The maximum Gasteiger partial charge on any atom is 0.355 e. The molecule has 0 bridgehead atoms. The van der Waals surface area contributed by atoms with Crippen LogP contribution in [0.2, 0.25) is 0 Å². The van der Waals surface area contributed by atoms with Crippen LogP contribution in [0.5, 0.6) is 0 Å². The van der Waals surface area contributed by atoms with Crippen LogP contribution in [0.1, 0.15) is 72.1 Å². The Kier molecular flexibility index (Phi) is 6.03. The van der Waals surface area contributed by atoms with Gasteiger partial charge in [-0.15, -0.1) is 0 Å². The largest absolute Gasteiger partial charge is 0.451 e. The molecule has 0 unspecified atom stereocenters. The highest BCUT2D eigenvalue weighted by Gasteiger charge is 2.28. The second kappa shape index (κ2) is 7.85. The lowest BCUT2D eigenvalue weighted by Crippen LogP contribution is -2.45. The van der Waals surface area contributed by atoms with Crippen LogP contribution in [0.3, 0.4) is 0 Å². The summed E-state index contributed by atoms with van der Waals surface area (Å²) in [7, 11) is 0. The van der Waals surface area contributed by atoms with Crippen molar-refractivity contribution in [1.29, 1.82) is 0 Å². The topological polar surface area (TPSA) is 88.3 Å². The van der Waals surface area contributed by atoms with Crippen molar-refractivity contribution in [3.8, 4) is 0 Å². The summed E-state index contributed by atoms with van der Waals surface area (Å²) < 4.78 is 5.13. The molecule has 0 aromatic carbocycles. The molecule has 1 aliphatic carbocycles. The van der Waals surface area contributed by atoms with E-state index in [4.69, 9.17) is 4.74 Å². The van der Waals surface area contributed by atoms with E-state index in [9.17, 15) is 14.4 Å². The highest BCUT2D eigenvalue weighted by atomic mass is 16.5. The molecule has 6 heteroatoms. The van der Waals surface area contributed by atoms with Crippen molar-refractivity contribution < 1.29 is 19.1 Å². The summed E-state index contributed by atoms with van der Waals surface area (Å²) in [6.07, 6.45) is 3.25. The summed E-state index contributed by atoms with van der Waals surface area (Å²) >= 11 is 0. The van der Waals surface area contributed by atoms with Crippen molar-refractivity contribution in [3.63, 3.8) is 0 Å². The zero-order chi connectivity index (χ0) is 18.7. The Labute approximate surface area is 148 Å². The number of ketones is 1. The highest BCUT2D eigenvalue weighted by molar-refractivity contribution is 6.01. The monoisotopic (exact) mass is 348 g/mol. The first kappa shape index (κ1) is 19.2. The molecule has 0 radical (unpaired) electrons. The van der Waals surface area contributed by atoms with E-state index < -0.39 is 5.97 Å². The van der Waals surface area contributed by atoms with Gasteiger partial charge in [-0.05, 0) is 44.6 Å². The van der Waals surface area contributed by atoms with Crippen molar-refractivity contribution in [2.45, 2.75) is 59.9 Å². The summed E-state index contributed by atoms with van der Waals surface area (Å²) in [4.78, 5) is 38.9. The second-order valence-corrected chi connectivity index (χ2v) is 7.20. The molecule has 1 saturated carbocycles. The van der Waals surface area contributed by atoms with Crippen LogP contribution in [0.15, 0.2) is 0 Å². The Morgan fingerprint density at radius 2 is 1.88 bits per heavy atom. The summed E-state index contributed by atoms with van der Waals surface area (Å²) in [5, 5.41) is 2.97. The van der Waals surface area contributed by atoms with Crippen LogP contribution in [0.25, 0.3) is 0 Å². The quantitative estimate of drug-likeness (QED) is 0.632. The Morgan fingerprint density at radius 3 is 2.48 bits per heavy atom. The fraction of sp³-hybridized carbons (Fsp3) is 0.632. The van der Waals surface area contributed by atoms with Gasteiger partial charge in [0.2, 0.25) is 0 Å². The Morgan fingerprint density at radius 1 is 1.20 bits per heavy atom. The predicted molar refractivity (Wildman–Crippen MR) is 94.7 cm³/mol. The van der Waals surface area contributed by atoms with Crippen LogP contribution >= 0.6 is 0 Å². The van der Waals surface area contributed by atoms with Gasteiger partial charge in [-0.2, -0.15) is 0 Å². The number of Topliss-reactive ketones (excluding diaryl/α,β-unsaturated/α-hetero) is 1. The zero-order valence-corrected chi connectivity index (χ0v) is 15.7. The average molecular weight is 348 g/mol. The number of aromatic amines is 1. The summed E-state index contributed by atoms with van der Waals surface area (Å²) in [6, 6.07) is 0.133. The number of hydrogen-bond acceptors (Lipinski definition) is 4. The summed E-state index contributed by atoms with van der Waals surface area (Å²) in [5.41, 5.74) is 1.92. The van der Waals surface area contributed by atoms with Gasteiger partial charge in [0.05, 0.1) is 0 Å². The minimum absolute atomic E-state index is 0.108. The number of aromatic nitrogens is 1. The molecular formula is C19H28N2O4. The number of rotatable bonds is 5. The number of hydrogen-bond donors (Lipinski definition) is 2. The molecule has 2 rings (SSSR count). The number of carbonyl (C=O) groups is 3. The number of ether oxygens (including phenoxy) is 1. The van der Waals surface area contributed by atoms with Crippen LogP contribution < -0.4 is 5.32 Å². The SMILES string of the molecule is CC(=O)c1c(C)[nH]c(C(=O)OCC(=O)N[C@@H]2CCC[C@@H](C)[C@@H]2C)c1C. The number of amides is 1. The lowest BCUT2D eigenvalue weighted by Gasteiger charge is -2.34. The molecule has 6 nitrogen and oxygen atoms in total. The molecule has 1 fully saturated rings. The molecule has 0 saturated heterocycles. The summed E-state index contributed by atoms with van der Waals surface area (Å²) in [5.74, 6) is -0.0141. The van der Waals surface area contributed by atoms with Gasteiger partial charge >= 0.3 is 5.97 Å². The predicted octanol–water partition coefficient (Wildman–Crippen LogP) is 2.93. The number of esters is 1. The first-order valence-corrected chi connectivity index (χ1v) is 8.89. The first-order chi connectivity index (χ1) is 11.7. The van der Waals surface area contributed by atoms with E-state index >= 15 is 0 Å². The molecule has 1 aromatic heterocycles. The van der Waals surface area contributed by atoms with Gasteiger partial charge in [0, 0.05) is 17.3 Å². The Bertz CT molecular complexity index is 677. The molecule has 1 aromatic rings. The fourth-order valence-corrected chi connectivity index (χ4v) is 3.72. The normalized spacial score (nSPS) is 23.2. The van der Waals surface area contributed by atoms with E-state index in [1.165, 1.54) is 13.3 Å². The van der Waals surface area contributed by atoms with Crippen molar-refractivity contribution in [1.82, 2.24) is 10.3 Å². The van der Waals surface area contributed by atoms with Gasteiger partial charge in [-0.1, -0.05) is 26.7 Å². The highest BCUT2D eigenvalue weighted by Crippen LogP contribution is 2.29. The maximum absolute atomic E-state index is 12.2. The molecule has 138 valence electrons. The average Bonchev–Trinajstić information content (AvgIpc) is 2.84. The van der Waals surface area contributed by atoms with Crippen molar-refractivity contribution in [3.05, 3.63) is 22.5 Å². The van der Waals surface area contributed by atoms with Gasteiger partial charge in [0.15, 0.2) is 12.4 Å². The number of aryl methyl sites for hydroxylation is 1. The van der Waals surface area contributed by atoms with E-state index in [1.54, 1.807) is 13.8 Å². The molecule has 2 N–H and O–H groups in total. The Hall–Kier alpha value is -2.11. The van der Waals surface area contributed by atoms with Crippen molar-refractivity contribution in [2.24, 2.45) is 11.8 Å². The van der Waals surface area contributed by atoms with E-state index in [2.05, 4.69) is 24.1 Å². The van der Waals surface area contributed by atoms with Gasteiger partial charge in [-0.25, -0.2) is 4.79 Å². The third-order valence-electron chi connectivity index (χ3n) is 5.38. The second-order valence-electron chi connectivity index (χ2n) is 7.20. The van der Waals surface area contributed by atoms with E-state index in [0.29, 0.717) is 28.7 Å². The van der Waals surface area contributed by atoms with E-state index in [0.717, 1.165) is 12.8 Å². The third kappa shape index (κ3) is 4.30. The smallest absolute Gasteiger partial charge is 0.355 e. The zero-order valence-electron chi connectivity index (χ0n) is 15.7. The van der Waals surface area contributed by atoms with Gasteiger partial charge < -0.3 is 15.0 Å². The minimum Gasteiger partial charge on any atom is -0.451 e. The van der Waals surface area contributed by atoms with Crippen LogP contribution in [-0.4, -0.2) is 35.3 Å². The fourth-order valence-electron chi connectivity index (χ4n) is 3.72. The molecule has 0 aliphatic heterocycles. The first-order valence-electron chi connectivity index (χ1n) is 8.89. The molecule has 1 amide bonds. The van der Waals surface area contributed by atoms with Crippen LogP contribution in [-0.2, 0) is 9.53 Å². The molecule has 3 atom stereocenters. The maximum atomic E-state index is 12.2. The Balaban J connectivity index is 1.93. The number of nitrogens with one attached hydrogen (secondary N) is 2. The minimum atomic E-state index is -0.617. The van der Waals surface area contributed by atoms with E-state index in [1.807, 2.05) is 0 Å². The standard InChI is InChI=1S/C19H28N2O4/c1-10-7-6-8-15(11(10)2)21-16(23)9-25-19(24)18-12(3)17(14(5)22)13(4)20-18/h10-11,15,20H,6-9H2,1-5H3,(H,21,23)/t10-,11+,15-/m1/s1. The summed E-state index contributed by atoms with van der Waals surface area (Å²) in [6.45, 7) is 8.92. The van der Waals surface area contributed by atoms with Gasteiger partial charge in [0.1, 0.15) is 5.69 Å². The molecule has 25 heavy (non-hydrogen) atoms. The van der Waals surface area contributed by atoms with Gasteiger partial charge in [0.25, 0.3) is 5.91 Å². The number of H-pyrrole nitrogens is 1. The van der Waals surface area contributed by atoms with E-state index in [-0.39, 0.29) is 30.0 Å². The lowest BCUT2D eigenvalue weighted by molar-refractivity contribution is -0.125. The number of carbonyl (C=O) groups excluding carboxylic acids is 3. The van der Waals surface area contributed by atoms with Crippen molar-refractivity contribution in [2.75, 3.05) is 6.61 Å². The molecule has 0 spiro atoms. The molecule has 1 heterocycles. The van der Waals surface area contributed by atoms with Crippen molar-refractivity contribution >= 4 is 17.7 Å². The lowest BCUT2D eigenvalue weighted by atomic mass is 9.78. The molecule has 1 aliphatic rings.